The first kappa shape index (κ1) is 17.6. The van der Waals surface area contributed by atoms with Gasteiger partial charge in [0, 0.05) is 24.8 Å². The normalized spacial score (nSPS) is 23.2. The summed E-state index contributed by atoms with van der Waals surface area (Å²) in [5, 5.41) is 7.49. The molecule has 1 aromatic rings. The fourth-order valence-electron chi connectivity index (χ4n) is 4.63. The Morgan fingerprint density at radius 1 is 1.12 bits per heavy atom. The molecule has 140 valence electrons. The van der Waals surface area contributed by atoms with Gasteiger partial charge in [-0.3, -0.25) is 4.79 Å². The van der Waals surface area contributed by atoms with Crippen molar-refractivity contribution in [3.8, 4) is 0 Å². The SMILES string of the molecule is O=C1NCN(c2ccccc2)C12CCN(C(=S)NC1CCCCC1)CC2. The van der Waals surface area contributed by atoms with Crippen LogP contribution in [0, 0.1) is 0 Å². The average Bonchev–Trinajstić information content (AvgIpc) is 3.00. The van der Waals surface area contributed by atoms with E-state index in [2.05, 4.69) is 32.6 Å². The van der Waals surface area contributed by atoms with Gasteiger partial charge >= 0.3 is 0 Å². The smallest absolute Gasteiger partial charge is 0.247 e. The van der Waals surface area contributed by atoms with Gasteiger partial charge in [0.05, 0.1) is 6.67 Å². The van der Waals surface area contributed by atoms with Gasteiger partial charge in [0.2, 0.25) is 5.91 Å². The third-order valence-corrected chi connectivity index (χ3v) is 6.59. The zero-order valence-corrected chi connectivity index (χ0v) is 16.1. The summed E-state index contributed by atoms with van der Waals surface area (Å²) in [5.74, 6) is 0.159. The molecule has 0 radical (unpaired) electrons. The highest BCUT2D eigenvalue weighted by Crippen LogP contribution is 2.36. The number of carbonyl (C=O) groups excluding carboxylic acids is 1. The minimum atomic E-state index is -0.432. The van der Waals surface area contributed by atoms with E-state index in [1.54, 1.807) is 0 Å². The quantitative estimate of drug-likeness (QED) is 0.782. The number of para-hydroxylation sites is 1. The van der Waals surface area contributed by atoms with E-state index in [4.69, 9.17) is 12.2 Å². The van der Waals surface area contributed by atoms with Gasteiger partial charge in [0.25, 0.3) is 0 Å². The Morgan fingerprint density at radius 3 is 2.50 bits per heavy atom. The number of nitrogens with one attached hydrogen (secondary N) is 2. The Bertz CT molecular complexity index is 651. The topological polar surface area (TPSA) is 47.6 Å². The highest BCUT2D eigenvalue weighted by atomic mass is 32.1. The van der Waals surface area contributed by atoms with E-state index in [0.29, 0.717) is 12.7 Å². The first-order chi connectivity index (χ1) is 12.7. The summed E-state index contributed by atoms with van der Waals surface area (Å²) in [7, 11) is 0. The van der Waals surface area contributed by atoms with E-state index in [9.17, 15) is 4.79 Å². The number of anilines is 1. The second kappa shape index (κ2) is 7.43. The number of hydrogen-bond acceptors (Lipinski definition) is 3. The number of thiocarbonyl (C=S) groups is 1. The summed E-state index contributed by atoms with van der Waals surface area (Å²) in [6.07, 6.45) is 8.01. The van der Waals surface area contributed by atoms with Crippen LogP contribution in [-0.4, -0.2) is 47.3 Å². The van der Waals surface area contributed by atoms with Crippen molar-refractivity contribution >= 4 is 28.9 Å². The monoisotopic (exact) mass is 372 g/mol. The van der Waals surface area contributed by atoms with Crippen LogP contribution in [0.15, 0.2) is 30.3 Å². The minimum absolute atomic E-state index is 0.159. The second-order valence-corrected chi connectivity index (χ2v) is 8.12. The summed E-state index contributed by atoms with van der Waals surface area (Å²) in [6.45, 7) is 2.25. The minimum Gasteiger partial charge on any atom is -0.360 e. The summed E-state index contributed by atoms with van der Waals surface area (Å²) in [6, 6.07) is 10.8. The summed E-state index contributed by atoms with van der Waals surface area (Å²) >= 11 is 5.67. The maximum atomic E-state index is 12.7. The first-order valence-corrected chi connectivity index (χ1v) is 10.3. The Hall–Kier alpha value is -1.82. The molecule has 5 nitrogen and oxygen atoms in total. The van der Waals surface area contributed by atoms with Gasteiger partial charge in [-0.1, -0.05) is 37.5 Å². The molecule has 6 heteroatoms. The van der Waals surface area contributed by atoms with Crippen molar-refractivity contribution in [1.82, 2.24) is 15.5 Å². The largest absolute Gasteiger partial charge is 0.360 e. The molecular weight excluding hydrogens is 344 g/mol. The van der Waals surface area contributed by atoms with Crippen molar-refractivity contribution in [2.45, 2.75) is 56.5 Å². The molecule has 26 heavy (non-hydrogen) atoms. The molecule has 3 aliphatic rings. The van der Waals surface area contributed by atoms with E-state index in [0.717, 1.165) is 36.7 Å². The van der Waals surface area contributed by atoms with Crippen LogP contribution in [0.25, 0.3) is 0 Å². The molecule has 1 aromatic carbocycles. The highest BCUT2D eigenvalue weighted by Gasteiger charge is 2.50. The van der Waals surface area contributed by atoms with Crippen molar-refractivity contribution in [3.05, 3.63) is 30.3 Å². The van der Waals surface area contributed by atoms with Crippen molar-refractivity contribution in [1.29, 1.82) is 0 Å². The van der Waals surface area contributed by atoms with Gasteiger partial charge in [0.1, 0.15) is 5.54 Å². The van der Waals surface area contributed by atoms with E-state index in [-0.39, 0.29) is 5.91 Å². The van der Waals surface area contributed by atoms with Crippen LogP contribution in [0.2, 0.25) is 0 Å². The van der Waals surface area contributed by atoms with E-state index in [1.165, 1.54) is 32.1 Å². The number of likely N-dealkylation sites (tertiary alicyclic amines) is 1. The lowest BCUT2D eigenvalue weighted by atomic mass is 9.85. The molecule has 1 amide bonds. The van der Waals surface area contributed by atoms with Gasteiger partial charge in [-0.05, 0) is 50.0 Å². The standard InChI is InChI=1S/C20H28N4OS/c25-18-20(24(15-21-18)17-9-5-2-6-10-17)11-13-23(14-12-20)19(26)22-16-7-3-1-4-8-16/h2,5-6,9-10,16H,1,3-4,7-8,11-15H2,(H,21,25)(H,22,26). The number of rotatable bonds is 2. The number of hydrogen-bond donors (Lipinski definition) is 2. The number of amides is 1. The van der Waals surface area contributed by atoms with Gasteiger partial charge < -0.3 is 20.4 Å². The predicted molar refractivity (Wildman–Crippen MR) is 108 cm³/mol. The Balaban J connectivity index is 1.41. The Kier molecular flexibility index (Phi) is 5.02. The lowest BCUT2D eigenvalue weighted by Gasteiger charge is -2.44. The third kappa shape index (κ3) is 3.27. The van der Waals surface area contributed by atoms with Gasteiger partial charge in [-0.25, -0.2) is 0 Å². The van der Waals surface area contributed by atoms with Gasteiger partial charge in [-0.2, -0.15) is 0 Å². The van der Waals surface area contributed by atoms with Crippen LogP contribution in [-0.2, 0) is 4.79 Å². The molecule has 1 saturated carbocycles. The molecule has 2 saturated heterocycles. The molecule has 1 spiro atoms. The molecule has 2 heterocycles. The number of carbonyl (C=O) groups is 1. The van der Waals surface area contributed by atoms with Crippen molar-refractivity contribution in [2.75, 3.05) is 24.7 Å². The van der Waals surface area contributed by atoms with Crippen molar-refractivity contribution in [3.63, 3.8) is 0 Å². The number of benzene rings is 1. The molecule has 1 aliphatic carbocycles. The van der Waals surface area contributed by atoms with Crippen molar-refractivity contribution in [2.24, 2.45) is 0 Å². The van der Waals surface area contributed by atoms with Crippen LogP contribution in [0.5, 0.6) is 0 Å². The van der Waals surface area contributed by atoms with Crippen LogP contribution in [0.1, 0.15) is 44.9 Å². The zero-order valence-electron chi connectivity index (χ0n) is 15.2. The lowest BCUT2D eigenvalue weighted by Crippen LogP contribution is -2.58. The van der Waals surface area contributed by atoms with E-state index >= 15 is 0 Å². The molecule has 2 aliphatic heterocycles. The predicted octanol–water partition coefficient (Wildman–Crippen LogP) is 2.62. The molecule has 0 bridgehead atoms. The fraction of sp³-hybridized carbons (Fsp3) is 0.600. The molecule has 0 unspecified atom stereocenters. The van der Waals surface area contributed by atoms with Crippen LogP contribution >= 0.6 is 12.2 Å². The lowest BCUT2D eigenvalue weighted by molar-refractivity contribution is -0.124. The maximum Gasteiger partial charge on any atom is 0.247 e. The van der Waals surface area contributed by atoms with E-state index < -0.39 is 5.54 Å². The highest BCUT2D eigenvalue weighted by molar-refractivity contribution is 7.80. The summed E-state index contributed by atoms with van der Waals surface area (Å²) in [5.41, 5.74) is 0.681. The molecule has 0 atom stereocenters. The first-order valence-electron chi connectivity index (χ1n) is 9.85. The number of piperidine rings is 1. The van der Waals surface area contributed by atoms with Crippen LogP contribution < -0.4 is 15.5 Å². The summed E-state index contributed by atoms with van der Waals surface area (Å²) < 4.78 is 0. The third-order valence-electron chi connectivity index (χ3n) is 6.22. The van der Waals surface area contributed by atoms with Crippen LogP contribution in [0.3, 0.4) is 0 Å². The van der Waals surface area contributed by atoms with E-state index in [1.807, 2.05) is 18.2 Å². The Morgan fingerprint density at radius 2 is 1.81 bits per heavy atom. The number of nitrogens with zero attached hydrogens (tertiary/aromatic N) is 2. The van der Waals surface area contributed by atoms with Gasteiger partial charge in [0.15, 0.2) is 5.11 Å². The molecular formula is C20H28N4OS. The van der Waals surface area contributed by atoms with Crippen molar-refractivity contribution < 1.29 is 4.79 Å². The molecule has 4 rings (SSSR count). The molecule has 0 aromatic heterocycles. The fourth-order valence-corrected chi connectivity index (χ4v) is 4.97. The van der Waals surface area contributed by atoms with Crippen LogP contribution in [0.4, 0.5) is 5.69 Å². The average molecular weight is 373 g/mol. The second-order valence-electron chi connectivity index (χ2n) is 7.73. The van der Waals surface area contributed by atoms with Gasteiger partial charge in [-0.15, -0.1) is 0 Å². The summed E-state index contributed by atoms with van der Waals surface area (Å²) in [4.78, 5) is 17.2. The maximum absolute atomic E-state index is 12.7. The molecule has 2 N–H and O–H groups in total. The zero-order chi connectivity index (χ0) is 18.0. The molecule has 3 fully saturated rings. The Labute approximate surface area is 161 Å².